The summed E-state index contributed by atoms with van der Waals surface area (Å²) >= 11 is 0. The normalized spacial score (nSPS) is 18.3. The van der Waals surface area contributed by atoms with Crippen molar-refractivity contribution in [3.8, 4) is 16.8 Å². The zero-order valence-electron chi connectivity index (χ0n) is 28.6. The van der Waals surface area contributed by atoms with Crippen molar-refractivity contribution in [2.75, 3.05) is 32.8 Å². The molecule has 8 rings (SSSR count). The summed E-state index contributed by atoms with van der Waals surface area (Å²) < 4.78 is 37.8. The molecule has 12 heteroatoms. The topological polar surface area (TPSA) is 104 Å². The van der Waals surface area contributed by atoms with Crippen LogP contribution in [0.25, 0.3) is 33.5 Å². The SMILES string of the molecule is O=C(CC1CCC(n2c(=O)c3cc(F)cnc3n(-c3cccc(-c4ccc(CCN5CCOCC5)cc4)c3)c2=O)CC1)c1cn2cc(F)ccc2n1. The standard InChI is InChI=1S/C40H38F2N6O4/c41-30-10-13-37-44-35(25-46(37)24-30)36(49)20-27-6-11-32(12-7-27)48-39(50)34-22-31(42)23-43-38(34)47(40(48)51)33-3-1-2-29(21-33)28-8-4-26(5-9-28)14-15-45-16-18-52-19-17-45/h1-5,8-10,13,21-25,27,32H,6-7,11-12,14-20H2. The van der Waals surface area contributed by atoms with E-state index in [1.165, 1.54) is 43.6 Å². The van der Waals surface area contributed by atoms with Crippen molar-refractivity contribution in [3.63, 3.8) is 0 Å². The zero-order chi connectivity index (χ0) is 35.8. The molecule has 0 unspecified atom stereocenters. The molecule has 2 fully saturated rings. The van der Waals surface area contributed by atoms with Gasteiger partial charge in [0.05, 0.1) is 30.5 Å². The zero-order valence-corrected chi connectivity index (χ0v) is 28.6. The predicted octanol–water partition coefficient (Wildman–Crippen LogP) is 6.02. The molecule has 0 amide bonds. The molecule has 1 aliphatic heterocycles. The molecule has 4 aromatic heterocycles. The van der Waals surface area contributed by atoms with Crippen molar-refractivity contribution in [3.05, 3.63) is 129 Å². The van der Waals surface area contributed by atoms with E-state index in [9.17, 15) is 23.2 Å². The Labute approximate surface area is 297 Å². The van der Waals surface area contributed by atoms with Gasteiger partial charge in [0.1, 0.15) is 23.0 Å². The number of rotatable bonds is 9. The molecular formula is C40H38F2N6O4. The molecule has 1 aliphatic carbocycles. The number of hydrogen-bond acceptors (Lipinski definition) is 7. The fourth-order valence-electron chi connectivity index (χ4n) is 7.61. The van der Waals surface area contributed by atoms with Crippen molar-refractivity contribution in [2.24, 2.45) is 5.92 Å². The maximum atomic E-state index is 14.5. The highest BCUT2D eigenvalue weighted by atomic mass is 19.1. The minimum absolute atomic E-state index is 0.0233. The van der Waals surface area contributed by atoms with Crippen LogP contribution in [0.4, 0.5) is 8.78 Å². The molecule has 0 N–H and O–H groups in total. The lowest BCUT2D eigenvalue weighted by Crippen LogP contribution is -2.43. The summed E-state index contributed by atoms with van der Waals surface area (Å²) in [4.78, 5) is 52.3. The number of pyridine rings is 2. The second-order valence-electron chi connectivity index (χ2n) is 13.8. The van der Waals surface area contributed by atoms with Gasteiger partial charge in [0.2, 0.25) is 0 Å². The third-order valence-electron chi connectivity index (χ3n) is 10.5. The second-order valence-corrected chi connectivity index (χ2v) is 13.8. The Morgan fingerprint density at radius 3 is 2.44 bits per heavy atom. The van der Waals surface area contributed by atoms with E-state index in [0.717, 1.165) is 62.7 Å². The number of imidazole rings is 1. The maximum Gasteiger partial charge on any atom is 0.337 e. The predicted molar refractivity (Wildman–Crippen MR) is 193 cm³/mol. The summed E-state index contributed by atoms with van der Waals surface area (Å²) in [5.74, 6) is -1.19. The number of ether oxygens (including phenoxy) is 1. The van der Waals surface area contributed by atoms with Crippen LogP contribution in [-0.4, -0.2) is 67.0 Å². The molecular weight excluding hydrogens is 666 g/mol. The van der Waals surface area contributed by atoms with Crippen molar-refractivity contribution >= 4 is 22.5 Å². The Morgan fingerprint density at radius 1 is 0.865 bits per heavy atom. The Kier molecular flexibility index (Phi) is 9.33. The lowest BCUT2D eigenvalue weighted by atomic mass is 9.82. The summed E-state index contributed by atoms with van der Waals surface area (Å²) in [6.07, 6.45) is 7.24. The van der Waals surface area contributed by atoms with E-state index in [1.807, 2.05) is 18.2 Å². The number of hydrogen-bond donors (Lipinski definition) is 0. The number of benzene rings is 2. The van der Waals surface area contributed by atoms with Crippen LogP contribution in [0.3, 0.4) is 0 Å². The number of aromatic nitrogens is 5. The number of nitrogens with zero attached hydrogens (tertiary/aromatic N) is 6. The molecule has 6 aromatic rings. The smallest absolute Gasteiger partial charge is 0.337 e. The van der Waals surface area contributed by atoms with Crippen LogP contribution in [0.2, 0.25) is 0 Å². The van der Waals surface area contributed by atoms with Crippen molar-refractivity contribution < 1.29 is 18.3 Å². The average molecular weight is 705 g/mol. The Bertz CT molecular complexity index is 2390. The van der Waals surface area contributed by atoms with Crippen molar-refractivity contribution in [1.29, 1.82) is 0 Å². The largest absolute Gasteiger partial charge is 0.379 e. The molecule has 0 radical (unpaired) electrons. The minimum Gasteiger partial charge on any atom is -0.379 e. The number of Topliss-reactive ketones (excluding diaryl/α,β-unsaturated/α-hetero) is 1. The second kappa shape index (κ2) is 14.4. The molecule has 5 heterocycles. The van der Waals surface area contributed by atoms with Crippen LogP contribution in [-0.2, 0) is 11.2 Å². The lowest BCUT2D eigenvalue weighted by Gasteiger charge is -2.29. The number of fused-ring (bicyclic) bond motifs is 2. The molecule has 266 valence electrons. The molecule has 52 heavy (non-hydrogen) atoms. The first kappa shape index (κ1) is 33.8. The first-order valence-electron chi connectivity index (χ1n) is 17.8. The van der Waals surface area contributed by atoms with Gasteiger partial charge in [-0.3, -0.25) is 19.1 Å². The van der Waals surface area contributed by atoms with Gasteiger partial charge in [-0.05, 0) is 85.0 Å². The third-order valence-corrected chi connectivity index (χ3v) is 10.5. The van der Waals surface area contributed by atoms with Gasteiger partial charge in [-0.25, -0.2) is 28.1 Å². The van der Waals surface area contributed by atoms with E-state index in [4.69, 9.17) is 4.74 Å². The highest BCUT2D eigenvalue weighted by Gasteiger charge is 2.29. The van der Waals surface area contributed by atoms with Gasteiger partial charge in [-0.1, -0.05) is 36.4 Å². The van der Waals surface area contributed by atoms with E-state index in [0.29, 0.717) is 37.0 Å². The molecule has 0 bridgehead atoms. The highest BCUT2D eigenvalue weighted by molar-refractivity contribution is 5.95. The molecule has 2 aromatic carbocycles. The lowest BCUT2D eigenvalue weighted by molar-refractivity contribution is 0.0384. The molecule has 0 atom stereocenters. The van der Waals surface area contributed by atoms with Gasteiger partial charge in [0.25, 0.3) is 5.56 Å². The summed E-state index contributed by atoms with van der Waals surface area (Å²) in [5, 5.41) is 0.0233. The average Bonchev–Trinajstić information content (AvgIpc) is 3.59. The molecule has 1 saturated carbocycles. The maximum absolute atomic E-state index is 14.5. The van der Waals surface area contributed by atoms with E-state index >= 15 is 0 Å². The van der Waals surface area contributed by atoms with E-state index in [2.05, 4.69) is 39.1 Å². The molecule has 10 nitrogen and oxygen atoms in total. The number of ketones is 1. The quantitative estimate of drug-likeness (QED) is 0.170. The monoisotopic (exact) mass is 704 g/mol. The van der Waals surface area contributed by atoms with E-state index in [-0.39, 0.29) is 34.8 Å². The van der Waals surface area contributed by atoms with Crippen LogP contribution in [0.15, 0.2) is 94.9 Å². The molecule has 2 aliphatic rings. The van der Waals surface area contributed by atoms with Crippen LogP contribution in [0.1, 0.15) is 54.2 Å². The van der Waals surface area contributed by atoms with E-state index in [1.54, 1.807) is 6.07 Å². The Hall–Kier alpha value is -5.33. The van der Waals surface area contributed by atoms with Crippen LogP contribution >= 0.6 is 0 Å². The summed E-state index contributed by atoms with van der Waals surface area (Å²) in [5.41, 5.74) is 3.36. The fraction of sp³-hybridized carbons (Fsp3) is 0.325. The van der Waals surface area contributed by atoms with Gasteiger partial charge in [0.15, 0.2) is 11.4 Å². The van der Waals surface area contributed by atoms with Crippen LogP contribution in [0, 0.1) is 17.6 Å². The van der Waals surface area contributed by atoms with E-state index < -0.39 is 28.9 Å². The van der Waals surface area contributed by atoms with Gasteiger partial charge in [0, 0.05) is 44.5 Å². The molecule has 1 saturated heterocycles. The van der Waals surface area contributed by atoms with Crippen molar-refractivity contribution in [2.45, 2.75) is 44.6 Å². The number of morpholine rings is 1. The summed E-state index contributed by atoms with van der Waals surface area (Å²) in [6, 6.07) is 19.4. The highest BCUT2D eigenvalue weighted by Crippen LogP contribution is 2.34. The minimum atomic E-state index is -0.666. The number of halogens is 2. The molecule has 0 spiro atoms. The van der Waals surface area contributed by atoms with Gasteiger partial charge in [-0.2, -0.15) is 0 Å². The first-order valence-corrected chi connectivity index (χ1v) is 17.8. The Morgan fingerprint density at radius 2 is 1.65 bits per heavy atom. The van der Waals surface area contributed by atoms with Crippen molar-refractivity contribution in [1.82, 2.24) is 28.4 Å². The number of carbonyl (C=O) groups excluding carboxylic acids is 1. The van der Waals surface area contributed by atoms with Gasteiger partial charge < -0.3 is 9.14 Å². The van der Waals surface area contributed by atoms with Gasteiger partial charge >= 0.3 is 5.69 Å². The van der Waals surface area contributed by atoms with Crippen LogP contribution < -0.4 is 11.2 Å². The first-order chi connectivity index (χ1) is 25.3. The Balaban J connectivity index is 1.04. The van der Waals surface area contributed by atoms with Crippen LogP contribution in [0.5, 0.6) is 0 Å². The fourth-order valence-corrected chi connectivity index (χ4v) is 7.61. The summed E-state index contributed by atoms with van der Waals surface area (Å²) in [6.45, 7) is 4.42. The van der Waals surface area contributed by atoms with Gasteiger partial charge in [-0.15, -0.1) is 0 Å². The number of carbonyl (C=O) groups is 1. The summed E-state index contributed by atoms with van der Waals surface area (Å²) in [7, 11) is 0. The third kappa shape index (κ3) is 6.83.